The van der Waals surface area contributed by atoms with Gasteiger partial charge in [-0.15, -0.1) is 0 Å². The van der Waals surface area contributed by atoms with Crippen LogP contribution in [0.4, 0.5) is 0 Å². The van der Waals surface area contributed by atoms with Crippen molar-refractivity contribution in [3.05, 3.63) is 12.2 Å². The lowest BCUT2D eigenvalue weighted by Crippen LogP contribution is -2.36. The molecule has 4 nitrogen and oxygen atoms in total. The van der Waals surface area contributed by atoms with Crippen LogP contribution in [0, 0.1) is 5.92 Å². The van der Waals surface area contributed by atoms with Crippen molar-refractivity contribution in [2.45, 2.75) is 78.6 Å². The summed E-state index contributed by atoms with van der Waals surface area (Å²) in [5, 5.41) is 9.03. The molecule has 0 fully saturated rings. The van der Waals surface area contributed by atoms with Crippen molar-refractivity contribution in [2.75, 3.05) is 13.1 Å². The van der Waals surface area contributed by atoms with Gasteiger partial charge < -0.3 is 10.0 Å². The van der Waals surface area contributed by atoms with Gasteiger partial charge in [-0.3, -0.25) is 9.59 Å². The van der Waals surface area contributed by atoms with Crippen LogP contribution in [-0.4, -0.2) is 35.0 Å². The number of nitrogens with zero attached hydrogens (tertiary/aromatic N) is 1. The molecule has 0 saturated carbocycles. The van der Waals surface area contributed by atoms with Crippen LogP contribution in [0.15, 0.2) is 12.2 Å². The number of hydrogen-bond donors (Lipinski definition) is 1. The molecule has 0 rings (SSSR count). The molecule has 23 heavy (non-hydrogen) atoms. The van der Waals surface area contributed by atoms with Crippen LogP contribution in [0.1, 0.15) is 78.6 Å². The van der Waals surface area contributed by atoms with E-state index < -0.39 is 5.97 Å². The summed E-state index contributed by atoms with van der Waals surface area (Å²) in [6, 6.07) is 0. The van der Waals surface area contributed by atoms with Crippen LogP contribution in [0.3, 0.4) is 0 Å². The Bertz CT molecular complexity index is 349. The average Bonchev–Trinajstić information content (AvgIpc) is 2.52. The molecule has 0 aliphatic heterocycles. The van der Waals surface area contributed by atoms with Crippen molar-refractivity contribution in [3.63, 3.8) is 0 Å². The minimum atomic E-state index is -0.878. The van der Waals surface area contributed by atoms with E-state index in [1.165, 1.54) is 12.8 Å². The van der Waals surface area contributed by atoms with Crippen molar-refractivity contribution in [1.29, 1.82) is 0 Å². The van der Waals surface area contributed by atoms with Crippen LogP contribution in [0.5, 0.6) is 0 Å². The van der Waals surface area contributed by atoms with E-state index in [2.05, 4.69) is 19.1 Å². The molecule has 0 bridgehead atoms. The fourth-order valence-electron chi connectivity index (χ4n) is 2.73. The smallest absolute Gasteiger partial charge is 0.304 e. The molecule has 4 heteroatoms. The number of hydrogen-bond acceptors (Lipinski definition) is 2. The number of allylic oxidation sites excluding steroid dienone is 2. The van der Waals surface area contributed by atoms with Crippen LogP contribution in [0.2, 0.25) is 0 Å². The highest BCUT2D eigenvalue weighted by atomic mass is 16.4. The van der Waals surface area contributed by atoms with E-state index in [0.717, 1.165) is 32.1 Å². The third-order valence-corrected chi connectivity index (χ3v) is 4.14. The quantitative estimate of drug-likeness (QED) is 0.374. The van der Waals surface area contributed by atoms with Gasteiger partial charge in [-0.25, -0.2) is 0 Å². The van der Waals surface area contributed by atoms with Gasteiger partial charge in [0.15, 0.2) is 0 Å². The predicted molar refractivity (Wildman–Crippen MR) is 95.4 cm³/mol. The fourth-order valence-corrected chi connectivity index (χ4v) is 2.73. The molecule has 0 spiro atoms. The maximum atomic E-state index is 12.4. The molecule has 0 aromatic carbocycles. The van der Waals surface area contributed by atoms with Crippen LogP contribution in [0.25, 0.3) is 0 Å². The van der Waals surface area contributed by atoms with E-state index in [9.17, 15) is 9.59 Å². The Morgan fingerprint density at radius 3 is 2.13 bits per heavy atom. The van der Waals surface area contributed by atoms with Crippen molar-refractivity contribution < 1.29 is 14.7 Å². The van der Waals surface area contributed by atoms with Gasteiger partial charge >= 0.3 is 5.97 Å². The van der Waals surface area contributed by atoms with E-state index in [1.54, 1.807) is 4.90 Å². The summed E-state index contributed by atoms with van der Waals surface area (Å²) in [6.45, 7) is 7.35. The second-order valence-electron chi connectivity index (χ2n) is 6.06. The van der Waals surface area contributed by atoms with Gasteiger partial charge in [-0.2, -0.15) is 0 Å². The van der Waals surface area contributed by atoms with Crippen molar-refractivity contribution in [1.82, 2.24) is 4.90 Å². The minimum Gasteiger partial charge on any atom is -0.481 e. The van der Waals surface area contributed by atoms with Gasteiger partial charge in [0.05, 0.1) is 6.42 Å². The zero-order chi connectivity index (χ0) is 17.5. The number of carbonyl (C=O) groups is 2. The third-order valence-electron chi connectivity index (χ3n) is 4.14. The first-order valence-electron chi connectivity index (χ1n) is 9.22. The zero-order valence-corrected chi connectivity index (χ0v) is 15.2. The lowest BCUT2D eigenvalue weighted by molar-refractivity contribution is -0.144. The number of aliphatic carboxylic acids is 1. The monoisotopic (exact) mass is 325 g/mol. The van der Waals surface area contributed by atoms with Crippen molar-refractivity contribution in [2.24, 2.45) is 5.92 Å². The summed E-state index contributed by atoms with van der Waals surface area (Å²) >= 11 is 0. The van der Waals surface area contributed by atoms with E-state index in [0.29, 0.717) is 19.5 Å². The molecule has 1 N–H and O–H groups in total. The highest BCUT2D eigenvalue weighted by molar-refractivity contribution is 5.83. The highest BCUT2D eigenvalue weighted by Crippen LogP contribution is 2.18. The van der Waals surface area contributed by atoms with E-state index >= 15 is 0 Å². The number of unbranched alkanes of at least 4 members (excludes halogenated alkanes) is 5. The standard InChI is InChI=1S/C19H35NO3/c1-4-7-8-9-10-11-12-13-14-15-17(16-18(21)22)19(23)20(5-2)6-3/h8-9,17H,4-7,10-16H2,1-3H3,(H,21,22)/b9-8+. The van der Waals surface area contributed by atoms with Crippen LogP contribution in [-0.2, 0) is 9.59 Å². The van der Waals surface area contributed by atoms with E-state index in [-0.39, 0.29) is 18.2 Å². The lowest BCUT2D eigenvalue weighted by Gasteiger charge is -2.24. The largest absolute Gasteiger partial charge is 0.481 e. The van der Waals surface area contributed by atoms with Crippen molar-refractivity contribution >= 4 is 11.9 Å². The molecule has 0 heterocycles. The summed E-state index contributed by atoms with van der Waals surface area (Å²) in [4.78, 5) is 25.1. The molecule has 0 aliphatic rings. The molecule has 0 radical (unpaired) electrons. The Morgan fingerprint density at radius 1 is 0.957 bits per heavy atom. The molecule has 1 amide bonds. The second-order valence-corrected chi connectivity index (χ2v) is 6.06. The van der Waals surface area contributed by atoms with Gasteiger partial charge in [-0.1, -0.05) is 44.8 Å². The Hall–Kier alpha value is -1.32. The Kier molecular flexibility index (Phi) is 13.5. The number of carboxylic acids is 1. The van der Waals surface area contributed by atoms with Crippen LogP contribution >= 0.6 is 0 Å². The molecule has 0 aromatic heterocycles. The SMILES string of the molecule is CCC/C=C/CCCCCCC(CC(=O)O)C(=O)N(CC)CC. The molecule has 134 valence electrons. The number of carbonyl (C=O) groups excluding carboxylic acids is 1. The second kappa shape index (κ2) is 14.3. The topological polar surface area (TPSA) is 57.6 Å². The van der Waals surface area contributed by atoms with Gasteiger partial charge in [0.1, 0.15) is 0 Å². The fraction of sp³-hybridized carbons (Fsp3) is 0.789. The molecule has 1 unspecified atom stereocenters. The predicted octanol–water partition coefficient (Wildman–Crippen LogP) is 4.64. The Morgan fingerprint density at radius 2 is 1.57 bits per heavy atom. The Labute approximate surface area is 141 Å². The summed E-state index contributed by atoms with van der Waals surface area (Å²) in [7, 11) is 0. The Balaban J connectivity index is 4.06. The first-order valence-corrected chi connectivity index (χ1v) is 9.22. The lowest BCUT2D eigenvalue weighted by atomic mass is 9.95. The average molecular weight is 325 g/mol. The summed E-state index contributed by atoms with van der Waals surface area (Å²) in [6.07, 6.45) is 12.9. The van der Waals surface area contributed by atoms with Gasteiger partial charge in [0.2, 0.25) is 5.91 Å². The minimum absolute atomic E-state index is 0.0000936. The summed E-state index contributed by atoms with van der Waals surface area (Å²) in [5.74, 6) is -1.24. The van der Waals surface area contributed by atoms with Crippen LogP contribution < -0.4 is 0 Å². The third kappa shape index (κ3) is 10.9. The summed E-state index contributed by atoms with van der Waals surface area (Å²) < 4.78 is 0. The molecule has 0 saturated heterocycles. The first kappa shape index (κ1) is 21.7. The maximum absolute atomic E-state index is 12.4. The summed E-state index contributed by atoms with van der Waals surface area (Å²) in [5.41, 5.74) is 0. The molecular formula is C19H35NO3. The molecule has 0 aliphatic carbocycles. The van der Waals surface area contributed by atoms with E-state index in [4.69, 9.17) is 5.11 Å². The maximum Gasteiger partial charge on any atom is 0.304 e. The highest BCUT2D eigenvalue weighted by Gasteiger charge is 2.24. The molecular weight excluding hydrogens is 290 g/mol. The van der Waals surface area contributed by atoms with Crippen molar-refractivity contribution in [3.8, 4) is 0 Å². The number of amides is 1. The molecule has 1 atom stereocenters. The van der Waals surface area contributed by atoms with Gasteiger partial charge in [0, 0.05) is 19.0 Å². The first-order chi connectivity index (χ1) is 11.1. The van der Waals surface area contributed by atoms with Gasteiger partial charge in [-0.05, 0) is 39.5 Å². The van der Waals surface area contributed by atoms with E-state index in [1.807, 2.05) is 13.8 Å². The normalized spacial score (nSPS) is 12.5. The van der Waals surface area contributed by atoms with Gasteiger partial charge in [0.25, 0.3) is 0 Å². The number of carboxylic acid groups (broad SMARTS) is 1. The number of rotatable bonds is 14. The molecule has 0 aromatic rings. The zero-order valence-electron chi connectivity index (χ0n) is 15.2.